The minimum Gasteiger partial charge on any atom is -0.591 e. The summed E-state index contributed by atoms with van der Waals surface area (Å²) in [5.41, 5.74) is 1.28. The summed E-state index contributed by atoms with van der Waals surface area (Å²) in [7, 11) is 0. The first kappa shape index (κ1) is 24.8. The van der Waals surface area contributed by atoms with Crippen LogP contribution < -0.4 is 9.47 Å². The van der Waals surface area contributed by atoms with Gasteiger partial charge in [0.1, 0.15) is 39.4 Å². The molecule has 9 heteroatoms. The smallest absolute Gasteiger partial charge is 0.387 e. The lowest BCUT2D eigenvalue weighted by atomic mass is 9.77. The van der Waals surface area contributed by atoms with Gasteiger partial charge in [0.2, 0.25) is 0 Å². The van der Waals surface area contributed by atoms with Gasteiger partial charge in [0, 0.05) is 18.1 Å². The van der Waals surface area contributed by atoms with Crippen molar-refractivity contribution >= 4 is 23.0 Å². The summed E-state index contributed by atoms with van der Waals surface area (Å²) in [4.78, 5) is 12.1. The molecule has 1 aromatic rings. The normalized spacial score (nSPS) is 25.8. The van der Waals surface area contributed by atoms with Crippen molar-refractivity contribution in [2.24, 2.45) is 16.2 Å². The van der Waals surface area contributed by atoms with Gasteiger partial charge >= 0.3 is 12.6 Å². The van der Waals surface area contributed by atoms with Crippen LogP contribution in [0.4, 0.5) is 8.78 Å². The number of hydrogen-bond acceptors (Lipinski definition) is 6. The molecule has 0 N–H and O–H groups in total. The van der Waals surface area contributed by atoms with Crippen LogP contribution in [0.3, 0.4) is 0 Å². The van der Waals surface area contributed by atoms with Crippen LogP contribution in [0.1, 0.15) is 65.4 Å². The van der Waals surface area contributed by atoms with E-state index < -0.39 is 22.7 Å². The van der Waals surface area contributed by atoms with E-state index in [0.717, 1.165) is 12.8 Å². The van der Waals surface area contributed by atoms with Gasteiger partial charge < -0.3 is 18.8 Å². The molecular weight excluding hydrogens is 440 g/mol. The van der Waals surface area contributed by atoms with Crippen molar-refractivity contribution in [1.29, 1.82) is 0 Å². The second-order valence-corrected chi connectivity index (χ2v) is 11.1. The maximum atomic E-state index is 12.7. The summed E-state index contributed by atoms with van der Waals surface area (Å²) in [5, 5.41) is 0. The molecule has 0 bridgehead atoms. The van der Waals surface area contributed by atoms with E-state index in [1.807, 2.05) is 20.8 Å². The lowest BCUT2D eigenvalue weighted by Gasteiger charge is -2.36. The van der Waals surface area contributed by atoms with Gasteiger partial charge in [0.05, 0.1) is 12.5 Å². The topological polar surface area (TPSA) is 80.2 Å². The average molecular weight is 472 g/mol. The lowest BCUT2D eigenvalue weighted by molar-refractivity contribution is -0.149. The number of fused-ring (bicyclic) bond motifs is 1. The Hall–Kier alpha value is -1.87. The Morgan fingerprint density at radius 1 is 1.28 bits per heavy atom. The van der Waals surface area contributed by atoms with Gasteiger partial charge in [-0.05, 0) is 71.4 Å². The monoisotopic (exact) mass is 471 g/mol. The van der Waals surface area contributed by atoms with Crippen LogP contribution in [0.2, 0.25) is 0 Å². The molecule has 6 nitrogen and oxygen atoms in total. The molecule has 0 amide bonds. The SMILES string of the molecule is CCOC(=O)[C@H]1CC[C@H]([C@@H]2C/C(=N\[S@+]([O-])C(C)(C)C)c3ccc(OC(F)F)cc3O2)CC1. The molecule has 1 aromatic carbocycles. The first-order valence-electron chi connectivity index (χ1n) is 11.0. The second-order valence-electron chi connectivity index (χ2n) is 9.16. The second kappa shape index (κ2) is 10.4. The first-order chi connectivity index (χ1) is 15.1. The highest BCUT2D eigenvalue weighted by atomic mass is 32.2. The summed E-state index contributed by atoms with van der Waals surface area (Å²) in [6.45, 7) is 4.77. The molecular formula is C23H31F2NO5S. The fourth-order valence-electron chi connectivity index (χ4n) is 4.09. The molecule has 3 rings (SSSR count). The minimum absolute atomic E-state index is 0.00159. The number of benzene rings is 1. The molecule has 178 valence electrons. The zero-order valence-corrected chi connectivity index (χ0v) is 19.8. The highest BCUT2D eigenvalue weighted by molar-refractivity contribution is 7.91. The van der Waals surface area contributed by atoms with Crippen molar-refractivity contribution in [3.05, 3.63) is 23.8 Å². The summed E-state index contributed by atoms with van der Waals surface area (Å²) in [5.74, 6) is 0.312. The van der Waals surface area contributed by atoms with Crippen molar-refractivity contribution < 1.29 is 32.3 Å². The van der Waals surface area contributed by atoms with E-state index in [1.54, 1.807) is 13.0 Å². The van der Waals surface area contributed by atoms with Crippen LogP contribution in [0.5, 0.6) is 11.5 Å². The van der Waals surface area contributed by atoms with Gasteiger partial charge in [0.25, 0.3) is 0 Å². The number of carbonyl (C=O) groups is 1. The van der Waals surface area contributed by atoms with E-state index in [-0.39, 0.29) is 29.7 Å². The van der Waals surface area contributed by atoms with Crippen molar-refractivity contribution in [2.75, 3.05) is 6.61 Å². The Balaban J connectivity index is 1.83. The van der Waals surface area contributed by atoms with Crippen LogP contribution in [0.15, 0.2) is 22.6 Å². The fourth-order valence-corrected chi connectivity index (χ4v) is 4.74. The number of halogens is 2. The van der Waals surface area contributed by atoms with Gasteiger partial charge in [-0.3, -0.25) is 4.79 Å². The zero-order valence-electron chi connectivity index (χ0n) is 18.9. The third kappa shape index (κ3) is 6.13. The molecule has 0 saturated heterocycles. The van der Waals surface area contributed by atoms with Gasteiger partial charge in [-0.15, -0.1) is 0 Å². The fraction of sp³-hybridized carbons (Fsp3) is 0.652. The Kier molecular flexibility index (Phi) is 8.03. The van der Waals surface area contributed by atoms with Gasteiger partial charge in [-0.25, -0.2) is 0 Å². The summed E-state index contributed by atoms with van der Waals surface area (Å²) in [6.07, 6.45) is 3.22. The number of alkyl halides is 2. The molecule has 2 aliphatic rings. The molecule has 32 heavy (non-hydrogen) atoms. The Labute approximate surface area is 191 Å². The number of ether oxygens (including phenoxy) is 3. The third-order valence-electron chi connectivity index (χ3n) is 5.80. The molecule has 0 radical (unpaired) electrons. The van der Waals surface area contributed by atoms with E-state index in [2.05, 4.69) is 9.13 Å². The van der Waals surface area contributed by atoms with Crippen molar-refractivity contribution in [1.82, 2.24) is 0 Å². The maximum Gasteiger partial charge on any atom is 0.387 e. The van der Waals surface area contributed by atoms with Gasteiger partial charge in [0.15, 0.2) is 0 Å². The first-order valence-corrected chi connectivity index (χ1v) is 12.1. The van der Waals surface area contributed by atoms with Gasteiger partial charge in [-0.1, -0.05) is 4.40 Å². The minimum atomic E-state index is -2.94. The van der Waals surface area contributed by atoms with Gasteiger partial charge in [-0.2, -0.15) is 8.78 Å². The molecule has 0 aromatic heterocycles. The highest BCUT2D eigenvalue weighted by Gasteiger charge is 2.38. The molecule has 1 aliphatic carbocycles. The van der Waals surface area contributed by atoms with Crippen LogP contribution >= 0.6 is 0 Å². The van der Waals surface area contributed by atoms with Crippen LogP contribution in [-0.4, -0.2) is 40.3 Å². The standard InChI is InChI=1S/C23H31F2NO5S/c1-5-29-21(27)15-8-6-14(7-9-15)19-13-18(26-32(28)23(2,3)4)17-11-10-16(30-22(24)25)12-20(17)31-19/h10-12,14-15,19,22H,5-9,13H2,1-4H3/b26-18+/t14-,15-,19-,32+/m0/s1. The van der Waals surface area contributed by atoms with Crippen LogP contribution in [-0.2, 0) is 20.9 Å². The maximum absolute atomic E-state index is 12.7. The predicted molar refractivity (Wildman–Crippen MR) is 119 cm³/mol. The highest BCUT2D eigenvalue weighted by Crippen LogP contribution is 2.40. The molecule has 1 aliphatic heterocycles. The number of carbonyl (C=O) groups excluding carboxylic acids is 1. The van der Waals surface area contributed by atoms with E-state index >= 15 is 0 Å². The summed E-state index contributed by atoms with van der Waals surface area (Å²) >= 11 is -1.47. The van der Waals surface area contributed by atoms with Crippen molar-refractivity contribution in [2.45, 2.75) is 77.3 Å². The summed E-state index contributed by atoms with van der Waals surface area (Å²) in [6, 6.07) is 4.50. The van der Waals surface area contributed by atoms with Crippen LogP contribution in [0, 0.1) is 11.8 Å². The van der Waals surface area contributed by atoms with E-state index in [1.165, 1.54) is 12.1 Å². The molecule has 2 atom stereocenters. The number of esters is 1. The Morgan fingerprint density at radius 2 is 1.97 bits per heavy atom. The summed E-state index contributed by atoms with van der Waals surface area (Å²) < 4.78 is 58.0. The van der Waals surface area contributed by atoms with E-state index in [4.69, 9.17) is 9.47 Å². The van der Waals surface area contributed by atoms with Crippen molar-refractivity contribution in [3.8, 4) is 11.5 Å². The number of rotatable bonds is 6. The number of nitrogens with zero attached hydrogens (tertiary/aromatic N) is 1. The predicted octanol–water partition coefficient (Wildman–Crippen LogP) is 5.06. The molecule has 1 heterocycles. The molecule has 0 unspecified atom stereocenters. The third-order valence-corrected chi connectivity index (χ3v) is 7.23. The molecule has 1 saturated carbocycles. The van der Waals surface area contributed by atoms with Crippen molar-refractivity contribution in [3.63, 3.8) is 0 Å². The Bertz CT molecular complexity index is 834. The molecule has 0 spiro atoms. The zero-order chi connectivity index (χ0) is 23.5. The van der Waals surface area contributed by atoms with E-state index in [0.29, 0.717) is 42.9 Å². The Morgan fingerprint density at radius 3 is 2.56 bits per heavy atom. The average Bonchev–Trinajstić information content (AvgIpc) is 2.72. The number of hydrogen-bond donors (Lipinski definition) is 0. The lowest BCUT2D eigenvalue weighted by Crippen LogP contribution is -2.38. The quantitative estimate of drug-likeness (QED) is 0.428. The largest absolute Gasteiger partial charge is 0.591 e. The van der Waals surface area contributed by atoms with E-state index in [9.17, 15) is 18.1 Å². The van der Waals surface area contributed by atoms with Crippen LogP contribution in [0.25, 0.3) is 0 Å². The molecule has 1 fully saturated rings.